The van der Waals surface area contributed by atoms with Gasteiger partial charge in [-0.15, -0.1) is 0 Å². The third-order valence-electron chi connectivity index (χ3n) is 5.27. The lowest BCUT2D eigenvalue weighted by Gasteiger charge is -2.36. The van der Waals surface area contributed by atoms with Crippen molar-refractivity contribution in [2.24, 2.45) is 5.92 Å². The highest BCUT2D eigenvalue weighted by Crippen LogP contribution is 2.54. The Morgan fingerprint density at radius 3 is 2.61 bits per heavy atom. The van der Waals surface area contributed by atoms with Crippen LogP contribution in [-0.2, 0) is 15.3 Å². The van der Waals surface area contributed by atoms with Crippen LogP contribution in [0.4, 0.5) is 0 Å². The van der Waals surface area contributed by atoms with Crippen LogP contribution in [0.2, 0.25) is 0 Å². The Kier molecular flexibility index (Phi) is 2.76. The van der Waals surface area contributed by atoms with Gasteiger partial charge in [0.1, 0.15) is 5.66 Å². The summed E-state index contributed by atoms with van der Waals surface area (Å²) in [6.07, 6.45) is 0.137. The number of hydrogen-bond donors (Lipinski definition) is 0. The molecule has 1 aromatic carbocycles. The van der Waals surface area contributed by atoms with E-state index in [1.807, 2.05) is 28.1 Å². The molecule has 6 heteroatoms. The molecule has 0 radical (unpaired) electrons. The fraction of sp³-hybridized carbons (Fsp3) is 0.471. The van der Waals surface area contributed by atoms with Crippen LogP contribution in [0.5, 0.6) is 0 Å². The SMILES string of the molecule is CC(=O)N1C(=O)C[C@@]23c4ccccc4C(=O)N2[C@@H](C(C)C)CN13. The molecule has 0 saturated carbocycles. The van der Waals surface area contributed by atoms with Gasteiger partial charge in [0, 0.05) is 24.6 Å². The summed E-state index contributed by atoms with van der Waals surface area (Å²) in [5, 5.41) is 3.04. The number of amides is 3. The van der Waals surface area contributed by atoms with Gasteiger partial charge >= 0.3 is 0 Å². The van der Waals surface area contributed by atoms with Crippen molar-refractivity contribution in [3.63, 3.8) is 0 Å². The lowest BCUT2D eigenvalue weighted by molar-refractivity contribution is -0.158. The van der Waals surface area contributed by atoms with Crippen molar-refractivity contribution >= 4 is 17.7 Å². The molecule has 1 spiro atoms. The molecule has 0 bridgehead atoms. The summed E-state index contributed by atoms with van der Waals surface area (Å²) in [7, 11) is 0. The summed E-state index contributed by atoms with van der Waals surface area (Å²) in [6, 6.07) is 7.40. The van der Waals surface area contributed by atoms with Crippen LogP contribution in [0.3, 0.4) is 0 Å². The summed E-state index contributed by atoms with van der Waals surface area (Å²) in [4.78, 5) is 39.3. The van der Waals surface area contributed by atoms with Gasteiger partial charge in [-0.25, -0.2) is 5.01 Å². The smallest absolute Gasteiger partial charge is 0.256 e. The van der Waals surface area contributed by atoms with E-state index in [9.17, 15) is 14.4 Å². The van der Waals surface area contributed by atoms with Crippen LogP contribution in [-0.4, -0.2) is 45.2 Å². The van der Waals surface area contributed by atoms with Crippen LogP contribution in [0.15, 0.2) is 24.3 Å². The number of rotatable bonds is 1. The molecule has 2 fully saturated rings. The van der Waals surface area contributed by atoms with Gasteiger partial charge in [0.05, 0.1) is 12.5 Å². The highest BCUT2D eigenvalue weighted by Gasteiger charge is 2.67. The van der Waals surface area contributed by atoms with Gasteiger partial charge in [0.15, 0.2) is 0 Å². The molecule has 2 saturated heterocycles. The molecule has 0 aliphatic carbocycles. The lowest BCUT2D eigenvalue weighted by atomic mass is 9.96. The van der Waals surface area contributed by atoms with Gasteiger partial charge in [-0.05, 0) is 12.0 Å². The van der Waals surface area contributed by atoms with Crippen LogP contribution in [0, 0.1) is 5.92 Å². The average molecular weight is 313 g/mol. The van der Waals surface area contributed by atoms with E-state index in [0.717, 1.165) is 5.56 Å². The number of benzene rings is 1. The Labute approximate surface area is 134 Å². The minimum absolute atomic E-state index is 0.0233. The third kappa shape index (κ3) is 1.54. The second-order valence-corrected chi connectivity index (χ2v) is 6.83. The van der Waals surface area contributed by atoms with Gasteiger partial charge < -0.3 is 4.90 Å². The largest absolute Gasteiger partial charge is 0.309 e. The van der Waals surface area contributed by atoms with E-state index in [4.69, 9.17) is 0 Å². The Hall–Kier alpha value is -2.21. The zero-order valence-corrected chi connectivity index (χ0v) is 13.4. The molecule has 6 nitrogen and oxygen atoms in total. The highest BCUT2D eigenvalue weighted by atomic mass is 16.2. The second kappa shape index (κ2) is 4.41. The molecule has 0 unspecified atom stereocenters. The number of nitrogens with zero attached hydrogens (tertiary/aromatic N) is 3. The minimum Gasteiger partial charge on any atom is -0.309 e. The van der Waals surface area contributed by atoms with E-state index in [-0.39, 0.29) is 36.1 Å². The first-order chi connectivity index (χ1) is 10.9. The van der Waals surface area contributed by atoms with E-state index >= 15 is 0 Å². The van der Waals surface area contributed by atoms with E-state index in [2.05, 4.69) is 13.8 Å². The second-order valence-electron chi connectivity index (χ2n) is 6.83. The Bertz CT molecular complexity index is 744. The number of hydrazine groups is 1. The van der Waals surface area contributed by atoms with Crippen molar-refractivity contribution in [3.05, 3.63) is 35.4 Å². The minimum atomic E-state index is -0.828. The van der Waals surface area contributed by atoms with Crippen LogP contribution < -0.4 is 0 Å². The third-order valence-corrected chi connectivity index (χ3v) is 5.27. The van der Waals surface area contributed by atoms with E-state index in [1.165, 1.54) is 11.9 Å². The number of carbonyl (C=O) groups excluding carboxylic acids is 3. The molecule has 3 aliphatic heterocycles. The molecule has 120 valence electrons. The molecule has 23 heavy (non-hydrogen) atoms. The molecular weight excluding hydrogens is 294 g/mol. The average Bonchev–Trinajstić information content (AvgIpc) is 3.03. The maximum Gasteiger partial charge on any atom is 0.256 e. The standard InChI is InChI=1S/C17H19N3O3/c1-10(2)14-9-18-17(8-15(22)20(18)11(3)21)13-7-5-4-6-12(13)16(23)19(14)17/h4-7,10,14H,8-9H2,1-3H3/t14-,17+/m1/s1. The van der Waals surface area contributed by atoms with Crippen LogP contribution in [0.25, 0.3) is 0 Å². The fourth-order valence-corrected chi connectivity index (χ4v) is 4.34. The molecule has 0 aromatic heterocycles. The maximum absolute atomic E-state index is 13.0. The predicted molar refractivity (Wildman–Crippen MR) is 81.8 cm³/mol. The predicted octanol–water partition coefficient (Wildman–Crippen LogP) is 1.33. The van der Waals surface area contributed by atoms with E-state index in [0.29, 0.717) is 12.1 Å². The molecular formula is C17H19N3O3. The van der Waals surface area contributed by atoms with E-state index < -0.39 is 5.66 Å². The molecule has 3 amide bonds. The summed E-state index contributed by atoms with van der Waals surface area (Å²) in [5.41, 5.74) is 0.650. The van der Waals surface area contributed by atoms with Crippen molar-refractivity contribution in [3.8, 4) is 0 Å². The maximum atomic E-state index is 13.0. The van der Waals surface area contributed by atoms with Crippen LogP contribution in [0.1, 0.15) is 43.1 Å². The van der Waals surface area contributed by atoms with Gasteiger partial charge in [-0.1, -0.05) is 32.0 Å². The van der Waals surface area contributed by atoms with Gasteiger partial charge in [-0.2, -0.15) is 5.01 Å². The summed E-state index contributed by atoms with van der Waals surface area (Å²) >= 11 is 0. The molecule has 0 N–H and O–H groups in total. The van der Waals surface area contributed by atoms with Crippen LogP contribution >= 0.6 is 0 Å². The Morgan fingerprint density at radius 1 is 1.26 bits per heavy atom. The van der Waals surface area contributed by atoms with Crippen molar-refractivity contribution in [2.45, 2.75) is 38.9 Å². The number of carbonyl (C=O) groups is 3. The fourth-order valence-electron chi connectivity index (χ4n) is 4.34. The lowest BCUT2D eigenvalue weighted by Crippen LogP contribution is -2.50. The normalized spacial score (nSPS) is 29.3. The Morgan fingerprint density at radius 2 is 1.96 bits per heavy atom. The van der Waals surface area contributed by atoms with Crippen molar-refractivity contribution in [2.75, 3.05) is 6.54 Å². The van der Waals surface area contributed by atoms with E-state index in [1.54, 1.807) is 6.07 Å². The first-order valence-corrected chi connectivity index (χ1v) is 7.94. The van der Waals surface area contributed by atoms with Gasteiger partial charge in [-0.3, -0.25) is 14.4 Å². The quantitative estimate of drug-likeness (QED) is 0.785. The zero-order valence-electron chi connectivity index (χ0n) is 13.4. The zero-order chi connectivity index (χ0) is 16.5. The Balaban J connectivity index is 1.96. The molecule has 4 rings (SSSR count). The number of hydrogen-bond acceptors (Lipinski definition) is 4. The summed E-state index contributed by atoms with van der Waals surface area (Å²) in [6.45, 7) is 6.03. The van der Waals surface area contributed by atoms with Crippen molar-refractivity contribution in [1.29, 1.82) is 0 Å². The first kappa shape index (κ1) is 14.4. The number of fused-ring (bicyclic) bond motifs is 1. The van der Waals surface area contributed by atoms with Crippen molar-refractivity contribution < 1.29 is 14.4 Å². The topological polar surface area (TPSA) is 60.9 Å². The van der Waals surface area contributed by atoms with Gasteiger partial charge in [0.25, 0.3) is 5.91 Å². The molecule has 2 atom stereocenters. The number of imide groups is 1. The molecule has 3 aliphatic rings. The summed E-state index contributed by atoms with van der Waals surface area (Å²) in [5.74, 6) is -0.345. The van der Waals surface area contributed by atoms with Gasteiger partial charge in [0.2, 0.25) is 11.8 Å². The molecule has 1 aromatic rings. The highest BCUT2D eigenvalue weighted by molar-refractivity contribution is 6.04. The first-order valence-electron chi connectivity index (χ1n) is 7.94. The monoisotopic (exact) mass is 313 g/mol. The van der Waals surface area contributed by atoms with Crippen molar-refractivity contribution in [1.82, 2.24) is 14.9 Å². The molecule has 3 heterocycles. The summed E-state index contributed by atoms with van der Waals surface area (Å²) < 4.78 is 0.